The van der Waals surface area contributed by atoms with E-state index in [9.17, 15) is 0 Å². The van der Waals surface area contributed by atoms with E-state index in [1.165, 1.54) is 0 Å². The highest BCUT2D eigenvalue weighted by molar-refractivity contribution is 9.11. The van der Waals surface area contributed by atoms with E-state index in [1.54, 1.807) is 0 Å². The van der Waals surface area contributed by atoms with Gasteiger partial charge in [-0.1, -0.05) is 27.9 Å². The zero-order valence-electron chi connectivity index (χ0n) is 11.6. The average Bonchev–Trinajstić information content (AvgIpc) is 2.48. The van der Waals surface area contributed by atoms with Gasteiger partial charge in [0.1, 0.15) is 5.75 Å². The molecule has 108 valence electrons. The van der Waals surface area contributed by atoms with Crippen LogP contribution < -0.4 is 10.1 Å². The van der Waals surface area contributed by atoms with Crippen molar-refractivity contribution in [1.82, 2.24) is 0 Å². The summed E-state index contributed by atoms with van der Waals surface area (Å²) in [5.74, 6) is 3.50. The van der Waals surface area contributed by atoms with Crippen molar-refractivity contribution in [3.8, 4) is 18.1 Å². The van der Waals surface area contributed by atoms with E-state index in [1.807, 2.05) is 43.3 Å². The van der Waals surface area contributed by atoms with Gasteiger partial charge in [0.15, 0.2) is 0 Å². The molecule has 21 heavy (non-hydrogen) atoms. The summed E-state index contributed by atoms with van der Waals surface area (Å²) in [6.07, 6.45) is 5.42. The normalized spacial score (nSPS) is 10.0. The first-order valence-electron chi connectivity index (χ1n) is 6.55. The molecule has 0 aliphatic carbocycles. The van der Waals surface area contributed by atoms with Crippen molar-refractivity contribution in [3.63, 3.8) is 0 Å². The second-order valence-electron chi connectivity index (χ2n) is 4.39. The average molecular weight is 409 g/mol. The van der Waals surface area contributed by atoms with Gasteiger partial charge in [-0.25, -0.2) is 0 Å². The lowest BCUT2D eigenvalue weighted by Gasteiger charge is -2.14. The van der Waals surface area contributed by atoms with Gasteiger partial charge in [-0.2, -0.15) is 0 Å². The van der Waals surface area contributed by atoms with E-state index in [0.29, 0.717) is 13.2 Å². The van der Waals surface area contributed by atoms with E-state index >= 15 is 0 Å². The Bertz CT molecular complexity index is 677. The monoisotopic (exact) mass is 407 g/mol. The molecule has 0 amide bonds. The van der Waals surface area contributed by atoms with Gasteiger partial charge in [-0.15, -0.1) is 6.42 Å². The number of hydrogen-bond donors (Lipinski definition) is 1. The van der Waals surface area contributed by atoms with E-state index in [2.05, 4.69) is 43.1 Å². The Morgan fingerprint density at radius 1 is 1.24 bits per heavy atom. The minimum absolute atomic E-state index is 0.625. The van der Waals surface area contributed by atoms with Crippen LogP contribution in [0, 0.1) is 12.3 Å². The van der Waals surface area contributed by atoms with E-state index in [0.717, 1.165) is 31.5 Å². The van der Waals surface area contributed by atoms with E-state index < -0.39 is 0 Å². The summed E-state index contributed by atoms with van der Waals surface area (Å²) in [5, 5.41) is 3.37. The van der Waals surface area contributed by atoms with Gasteiger partial charge in [0.25, 0.3) is 0 Å². The fourth-order valence-electron chi connectivity index (χ4n) is 1.97. The van der Waals surface area contributed by atoms with Crippen LogP contribution in [-0.2, 0) is 6.54 Å². The Kier molecular flexibility index (Phi) is 5.72. The number of hydrogen-bond acceptors (Lipinski definition) is 2. The number of ether oxygens (including phenoxy) is 1. The van der Waals surface area contributed by atoms with Gasteiger partial charge in [-0.05, 0) is 53.2 Å². The third kappa shape index (κ3) is 4.26. The molecule has 0 fully saturated rings. The molecule has 0 atom stereocenters. The number of terminal acetylenes is 1. The molecular weight excluding hydrogens is 394 g/mol. The maximum atomic E-state index is 5.72. The third-order valence-corrected chi connectivity index (χ3v) is 3.93. The van der Waals surface area contributed by atoms with Gasteiger partial charge >= 0.3 is 0 Å². The molecule has 2 nitrogen and oxygen atoms in total. The lowest BCUT2D eigenvalue weighted by molar-refractivity contribution is 0.334. The molecule has 0 unspecified atom stereocenters. The fraction of sp³-hybridized carbons (Fsp3) is 0.176. The van der Waals surface area contributed by atoms with Crippen LogP contribution >= 0.6 is 31.9 Å². The number of nitrogens with one attached hydrogen (secondary N) is 1. The van der Waals surface area contributed by atoms with Crippen molar-refractivity contribution in [1.29, 1.82) is 0 Å². The second kappa shape index (κ2) is 7.53. The Morgan fingerprint density at radius 3 is 2.76 bits per heavy atom. The predicted octanol–water partition coefficient (Wildman–Crippen LogP) is 5.20. The molecule has 0 heterocycles. The molecule has 0 aromatic heterocycles. The van der Waals surface area contributed by atoms with Crippen molar-refractivity contribution in [2.75, 3.05) is 11.9 Å². The maximum Gasteiger partial charge on any atom is 0.138 e. The van der Waals surface area contributed by atoms with Crippen LogP contribution in [0.25, 0.3) is 0 Å². The molecule has 2 aromatic carbocycles. The quantitative estimate of drug-likeness (QED) is 0.686. The largest absolute Gasteiger partial charge is 0.492 e. The van der Waals surface area contributed by atoms with Gasteiger partial charge in [0.05, 0.1) is 11.1 Å². The highest BCUT2D eigenvalue weighted by Crippen LogP contribution is 2.33. The topological polar surface area (TPSA) is 21.3 Å². The van der Waals surface area contributed by atoms with E-state index in [4.69, 9.17) is 11.2 Å². The Labute approximate surface area is 142 Å². The summed E-state index contributed by atoms with van der Waals surface area (Å²) in [6, 6.07) is 11.8. The van der Waals surface area contributed by atoms with Crippen molar-refractivity contribution < 1.29 is 4.74 Å². The highest BCUT2D eigenvalue weighted by Gasteiger charge is 2.10. The molecule has 0 saturated heterocycles. The minimum atomic E-state index is 0.625. The van der Waals surface area contributed by atoms with Gasteiger partial charge in [0, 0.05) is 27.8 Å². The molecule has 1 N–H and O–H groups in total. The van der Waals surface area contributed by atoms with Crippen LogP contribution in [0.5, 0.6) is 5.75 Å². The van der Waals surface area contributed by atoms with Crippen LogP contribution in [0.2, 0.25) is 0 Å². The molecule has 2 rings (SSSR count). The number of rotatable bonds is 5. The molecule has 0 saturated carbocycles. The molecule has 4 heteroatoms. The summed E-state index contributed by atoms with van der Waals surface area (Å²) in [4.78, 5) is 0. The SMILES string of the molecule is C#Cc1cccc(NCc2cc(Br)cc(Br)c2OCC)c1. The molecule has 0 spiro atoms. The third-order valence-electron chi connectivity index (χ3n) is 2.89. The van der Waals surface area contributed by atoms with Gasteiger partial charge in [0.2, 0.25) is 0 Å². The first kappa shape index (κ1) is 15.9. The molecule has 0 aliphatic rings. The fourth-order valence-corrected chi connectivity index (χ4v) is 3.40. The summed E-state index contributed by atoms with van der Waals surface area (Å²) >= 11 is 7.05. The van der Waals surface area contributed by atoms with Crippen LogP contribution in [0.15, 0.2) is 45.3 Å². The van der Waals surface area contributed by atoms with Crippen molar-refractivity contribution in [2.24, 2.45) is 0 Å². The Balaban J connectivity index is 2.21. The molecule has 0 aliphatic heterocycles. The first-order valence-corrected chi connectivity index (χ1v) is 8.14. The summed E-state index contributed by atoms with van der Waals surface area (Å²) in [7, 11) is 0. The lowest BCUT2D eigenvalue weighted by Crippen LogP contribution is -2.04. The summed E-state index contributed by atoms with van der Waals surface area (Å²) in [6.45, 7) is 3.25. The lowest BCUT2D eigenvalue weighted by atomic mass is 10.1. The van der Waals surface area contributed by atoms with Gasteiger partial charge in [-0.3, -0.25) is 0 Å². The zero-order valence-corrected chi connectivity index (χ0v) is 14.8. The highest BCUT2D eigenvalue weighted by atomic mass is 79.9. The Morgan fingerprint density at radius 2 is 2.05 bits per heavy atom. The summed E-state index contributed by atoms with van der Waals surface area (Å²) in [5.41, 5.74) is 2.92. The number of halogens is 2. The van der Waals surface area contributed by atoms with Crippen LogP contribution in [0.4, 0.5) is 5.69 Å². The first-order chi connectivity index (χ1) is 10.1. The molecule has 2 aromatic rings. The van der Waals surface area contributed by atoms with Crippen LogP contribution in [0.1, 0.15) is 18.1 Å². The minimum Gasteiger partial charge on any atom is -0.492 e. The molecular formula is C17H15Br2NO. The van der Waals surface area contributed by atoms with Crippen molar-refractivity contribution >= 4 is 37.5 Å². The van der Waals surface area contributed by atoms with E-state index in [-0.39, 0.29) is 0 Å². The zero-order chi connectivity index (χ0) is 15.2. The van der Waals surface area contributed by atoms with Crippen LogP contribution in [0.3, 0.4) is 0 Å². The maximum absolute atomic E-state index is 5.72. The van der Waals surface area contributed by atoms with Crippen molar-refractivity contribution in [3.05, 3.63) is 56.5 Å². The smallest absolute Gasteiger partial charge is 0.138 e. The number of anilines is 1. The van der Waals surface area contributed by atoms with Gasteiger partial charge < -0.3 is 10.1 Å². The summed E-state index contributed by atoms with van der Waals surface area (Å²) < 4.78 is 7.66. The predicted molar refractivity (Wildman–Crippen MR) is 94.7 cm³/mol. The molecule has 0 radical (unpaired) electrons. The second-order valence-corrected chi connectivity index (χ2v) is 6.16. The molecule has 0 bridgehead atoms. The van der Waals surface area contributed by atoms with Crippen LogP contribution in [-0.4, -0.2) is 6.61 Å². The standard InChI is InChI=1S/C17H15Br2NO/c1-3-12-6-5-7-15(8-12)20-11-13-9-14(18)10-16(19)17(13)21-4-2/h1,5-10,20H,4,11H2,2H3. The Hall–Kier alpha value is -1.44. The van der Waals surface area contributed by atoms with Crippen molar-refractivity contribution in [2.45, 2.75) is 13.5 Å². The number of benzene rings is 2.